The van der Waals surface area contributed by atoms with Crippen LogP contribution in [0.15, 0.2) is 85.5 Å². The number of H-pyrrole nitrogens is 4. The average Bonchev–Trinajstić information content (AvgIpc) is 0.963. The zero-order chi connectivity index (χ0) is 77.4. The Hall–Kier alpha value is -9.51. The van der Waals surface area contributed by atoms with Gasteiger partial charge in [0.2, 0.25) is 23.6 Å². The molecule has 8 N–H and O–H groups in total. The summed E-state index contributed by atoms with van der Waals surface area (Å²) < 4.78 is 47.0. The second-order valence-electron chi connectivity index (χ2n) is 31.0. The topological polar surface area (TPSA) is 400 Å². The number of nitrogens with zero attached hydrogens (tertiary/aromatic N) is 6. The van der Waals surface area contributed by atoms with Gasteiger partial charge in [0.05, 0.1) is 64.9 Å². The summed E-state index contributed by atoms with van der Waals surface area (Å²) in [6, 6.07) is 13.4. The van der Waals surface area contributed by atoms with Crippen molar-refractivity contribution in [2.24, 2.45) is 21.7 Å². The van der Waals surface area contributed by atoms with Crippen LogP contribution in [0.3, 0.4) is 0 Å². The van der Waals surface area contributed by atoms with E-state index in [0.717, 1.165) is 56.6 Å². The minimum absolute atomic E-state index is 0.0216. The number of nitro benzene ring substituents is 2. The SMILES string of the molecule is Cc1c[nH]c2c(OP(=O)(O)O)cc3c(c12)[C@H](CCl)CN3C(=O)C12CC(C(=O)N3C[C@@H](CCl)c4c3cc(-c3cc([N+](=O)[O-])ccc3OC(=O)Oc3ccc([N+](=O)[O-])cc3-c3cc5c(c6c(C)c[nH]c36)[C@H](CCl)CN5C(=O)C35CC(C(=O)N6C[C@@H](CCl)c7c6cc(OP(=O)(O)O)c6[nH]cc(C)c76)(C3)C5)c3[nH]cc(C)c43)(C1)C2. The monoisotopic (exact) mass is 1610 g/mol. The summed E-state index contributed by atoms with van der Waals surface area (Å²) in [6.07, 6.45) is 6.58. The molecule has 6 aromatic carbocycles. The number of alkyl halides is 4. The van der Waals surface area contributed by atoms with Crippen LogP contribution >= 0.6 is 62.0 Å². The first-order valence-electron chi connectivity index (χ1n) is 35.3. The molecule has 4 aromatic heterocycles. The Morgan fingerprint density at radius 1 is 0.436 bits per heavy atom. The van der Waals surface area contributed by atoms with Gasteiger partial charge in [-0.25, -0.2) is 13.9 Å². The second kappa shape index (κ2) is 24.7. The maximum atomic E-state index is 15.5. The molecule has 6 fully saturated rings. The van der Waals surface area contributed by atoms with Crippen LogP contribution in [0.5, 0.6) is 23.0 Å². The first kappa shape index (κ1) is 72.1. The predicted octanol–water partition coefficient (Wildman–Crippen LogP) is 14.9. The molecule has 29 nitrogen and oxygen atoms in total. The highest BCUT2D eigenvalue weighted by atomic mass is 35.5. The Morgan fingerprint density at radius 3 is 0.982 bits per heavy atom. The van der Waals surface area contributed by atoms with Crippen molar-refractivity contribution < 1.29 is 81.0 Å². The van der Waals surface area contributed by atoms with Crippen molar-refractivity contribution in [2.45, 2.75) is 89.9 Å². The molecule has 6 aliphatic carbocycles. The molecule has 20 rings (SSSR count). The van der Waals surface area contributed by atoms with Crippen molar-refractivity contribution in [3.05, 3.63) is 150 Å². The Labute approximate surface area is 643 Å². The molecule has 0 radical (unpaired) electrons. The van der Waals surface area contributed by atoms with Crippen molar-refractivity contribution in [2.75, 3.05) is 69.3 Å². The summed E-state index contributed by atoms with van der Waals surface area (Å²) in [4.78, 5) is 159. The van der Waals surface area contributed by atoms with Crippen LogP contribution in [-0.2, 0) is 28.3 Å². The van der Waals surface area contributed by atoms with Gasteiger partial charge in [0.1, 0.15) is 11.5 Å². The van der Waals surface area contributed by atoms with E-state index < -0.39 is 76.5 Å². The summed E-state index contributed by atoms with van der Waals surface area (Å²) >= 11 is 26.8. The molecule has 568 valence electrons. The molecule has 4 amide bonds. The fourth-order valence-electron chi connectivity index (χ4n) is 19.9. The number of fused-ring (bicyclic) bond motifs is 12. The van der Waals surface area contributed by atoms with Gasteiger partial charge in [-0.3, -0.25) is 59.0 Å². The van der Waals surface area contributed by atoms with Crippen molar-refractivity contribution in [1.29, 1.82) is 0 Å². The molecule has 8 heterocycles. The Morgan fingerprint density at radius 2 is 0.709 bits per heavy atom. The van der Waals surface area contributed by atoms with Gasteiger partial charge >= 0.3 is 21.8 Å². The number of carbonyl (C=O) groups is 5. The van der Waals surface area contributed by atoms with Gasteiger partial charge < -0.3 is 58.1 Å². The Bertz CT molecular complexity index is 5580. The maximum Gasteiger partial charge on any atom is 0.524 e. The van der Waals surface area contributed by atoms with Crippen LogP contribution in [0.2, 0.25) is 0 Å². The van der Waals surface area contributed by atoms with E-state index in [4.69, 9.17) is 64.9 Å². The number of aromatic amines is 4. The number of non-ortho nitro benzene ring substituents is 2. The molecule has 4 bridgehead atoms. The van der Waals surface area contributed by atoms with Crippen LogP contribution in [0.1, 0.15) is 107 Å². The Kier molecular flexibility index (Phi) is 16.2. The zero-order valence-corrected chi connectivity index (χ0v) is 63.6. The van der Waals surface area contributed by atoms with E-state index in [2.05, 4.69) is 19.9 Å². The van der Waals surface area contributed by atoms with Crippen LogP contribution in [0.25, 0.3) is 65.9 Å². The summed E-state index contributed by atoms with van der Waals surface area (Å²) in [6.45, 7) is 7.98. The van der Waals surface area contributed by atoms with Gasteiger partial charge in [0.15, 0.2) is 11.5 Å². The normalized spacial score (nSPS) is 23.9. The molecule has 6 saturated carbocycles. The highest BCUT2D eigenvalue weighted by Crippen LogP contribution is 2.77. The number of carbonyl (C=O) groups excluding carboxylic acids is 5. The first-order valence-corrected chi connectivity index (χ1v) is 40.5. The average molecular weight is 1620 g/mol. The first-order chi connectivity index (χ1) is 52.3. The number of aromatic nitrogens is 4. The lowest BCUT2D eigenvalue weighted by Crippen LogP contribution is -2.73. The molecule has 4 aliphatic heterocycles. The lowest BCUT2D eigenvalue weighted by Gasteiger charge is -2.69. The third-order valence-corrected chi connectivity index (χ3v) is 26.7. The summed E-state index contributed by atoms with van der Waals surface area (Å²) in [5.41, 5.74) is 5.10. The number of phosphoric ester groups is 2. The fraction of sp³-hybridized carbons (Fsp3) is 0.347. The quantitative estimate of drug-likeness (QED) is 0.00987. The van der Waals surface area contributed by atoms with Crippen LogP contribution in [0.4, 0.5) is 38.9 Å². The van der Waals surface area contributed by atoms with Crippen molar-refractivity contribution in [3.63, 3.8) is 0 Å². The number of anilines is 4. The number of ether oxygens (including phenoxy) is 2. The molecule has 0 spiro atoms. The van der Waals surface area contributed by atoms with Gasteiger partial charge in [-0.05, 0) is 135 Å². The minimum atomic E-state index is -5.06. The standard InChI is InChI=1S/C75H66Cl4N10O19P2/c1-33-19-80-63-45(11-47-59(55(33)63)37(15-76)23-84(47)67(90)72-27-74(28-72,29-72)69(92)86-25-39(17-78)61-49(86)13-53(107-109(99,100)101)65-57(61)35(3)21-82-65)43-9-41(88(95)96)5-7-51(43)105-71(94)106-52-8-6-42(89(97)98)10-44(52)46-12-48-60(56-34(2)20-81-64(46)56)38(16-77)24-85(48)68(91)73-30-75(31-73,32-73)70(93)87-26-40(18-79)62-50(87)14-54(108-110(102,103)104)66-58(62)36(4)22-83-66/h5-14,19-22,37-40,80-83H,15-18,23-32H2,1-4H3,(H2,99,100,101)(H2,102,103,104)/t37-,38-,39-,40-,72?,73?,74?,75?/m1/s1. The summed E-state index contributed by atoms with van der Waals surface area (Å²) in [7, 11) is -10.1. The summed E-state index contributed by atoms with van der Waals surface area (Å²) in [5, 5.41) is 28.1. The number of rotatable bonds is 18. The lowest BCUT2D eigenvalue weighted by atomic mass is 9.34. The fourth-order valence-corrected chi connectivity index (χ4v) is 21.7. The third kappa shape index (κ3) is 10.5. The van der Waals surface area contributed by atoms with Crippen molar-refractivity contribution >= 4 is 170 Å². The van der Waals surface area contributed by atoms with Crippen molar-refractivity contribution in [3.8, 4) is 45.3 Å². The molecule has 110 heavy (non-hydrogen) atoms. The predicted molar refractivity (Wildman–Crippen MR) is 409 cm³/mol. The summed E-state index contributed by atoms with van der Waals surface area (Å²) in [5.74, 6) is -2.91. The number of nitrogens with one attached hydrogen (secondary N) is 4. The van der Waals surface area contributed by atoms with E-state index in [1.165, 1.54) is 36.4 Å². The van der Waals surface area contributed by atoms with E-state index in [-0.39, 0.29) is 169 Å². The molecule has 10 aromatic rings. The third-order valence-electron chi connectivity index (χ3n) is 24.4. The van der Waals surface area contributed by atoms with Gasteiger partial charge in [-0.15, -0.1) is 46.4 Å². The highest BCUT2D eigenvalue weighted by molar-refractivity contribution is 7.47. The number of benzene rings is 6. The maximum absolute atomic E-state index is 15.5. The van der Waals surface area contributed by atoms with Crippen LogP contribution in [-0.4, -0.2) is 129 Å². The second-order valence-corrected chi connectivity index (χ2v) is 34.5. The van der Waals surface area contributed by atoms with Crippen LogP contribution in [0, 0.1) is 69.6 Å². The molecule has 35 heteroatoms. The van der Waals surface area contributed by atoms with Gasteiger partial charge in [-0.1, -0.05) is 0 Å². The van der Waals surface area contributed by atoms with Gasteiger partial charge in [0.25, 0.3) is 11.4 Å². The smallest absolute Gasteiger partial charge is 0.402 e. The number of phosphoric acid groups is 2. The number of halogens is 4. The van der Waals surface area contributed by atoms with Crippen molar-refractivity contribution in [1.82, 2.24) is 19.9 Å². The number of nitro groups is 2. The number of hydrogen-bond acceptors (Lipinski definition) is 15. The minimum Gasteiger partial charge on any atom is -0.402 e. The van der Waals surface area contributed by atoms with Gasteiger partial charge in [0, 0.05) is 190 Å². The van der Waals surface area contributed by atoms with Gasteiger partial charge in [-0.2, -0.15) is 0 Å². The lowest BCUT2D eigenvalue weighted by molar-refractivity contribution is -0.385. The number of aryl methyl sites for hydroxylation is 4. The zero-order valence-electron chi connectivity index (χ0n) is 58.8. The van der Waals surface area contributed by atoms with E-state index in [0.29, 0.717) is 66.4 Å². The highest BCUT2D eigenvalue weighted by Gasteiger charge is 2.78. The molecule has 4 atom stereocenters. The molecule has 10 aliphatic rings. The largest absolute Gasteiger partial charge is 0.524 e. The number of hydrogen-bond donors (Lipinski definition) is 8. The van der Waals surface area contributed by atoms with E-state index in [9.17, 15) is 63.3 Å². The molecule has 0 unspecified atom stereocenters. The Balaban J connectivity index is 0.640. The van der Waals surface area contributed by atoms with E-state index in [1.807, 2.05) is 27.7 Å². The van der Waals surface area contributed by atoms with E-state index in [1.54, 1.807) is 56.5 Å². The van der Waals surface area contributed by atoms with E-state index >= 15 is 9.59 Å². The number of amides is 4. The molecular weight excluding hydrogens is 1550 g/mol. The molecule has 0 saturated heterocycles. The molecular formula is C75H66Cl4N10O19P2. The van der Waals surface area contributed by atoms with Crippen LogP contribution < -0.4 is 38.1 Å².